The maximum atomic E-state index is 13.2. The smallest absolute Gasteiger partial charge is 0.293 e. The predicted molar refractivity (Wildman–Crippen MR) is 88.9 cm³/mol. The summed E-state index contributed by atoms with van der Waals surface area (Å²) in [5.74, 6) is -0.986. The summed E-state index contributed by atoms with van der Waals surface area (Å²) in [6.07, 6.45) is 2.00. The van der Waals surface area contributed by atoms with Gasteiger partial charge in [-0.25, -0.2) is 4.39 Å². The van der Waals surface area contributed by atoms with Gasteiger partial charge < -0.3 is 10.2 Å². The van der Waals surface area contributed by atoms with Gasteiger partial charge in [0.05, 0.1) is 4.92 Å². The molecule has 0 radical (unpaired) electrons. The standard InChI is InChI=1S/C17H16FN3O3/c18-13-4-3-5-14(11-13)19-17(22)12-6-7-15(16(10-12)21(23)24)20-8-1-2-9-20/h3-7,10-11H,1-2,8-9H2,(H,19,22). The Hall–Kier alpha value is -2.96. The molecule has 0 spiro atoms. The zero-order valence-electron chi connectivity index (χ0n) is 12.9. The van der Waals surface area contributed by atoms with Gasteiger partial charge in [-0.1, -0.05) is 6.07 Å². The lowest BCUT2D eigenvalue weighted by Crippen LogP contribution is -2.19. The van der Waals surface area contributed by atoms with Crippen molar-refractivity contribution in [3.05, 3.63) is 64.0 Å². The number of hydrogen-bond acceptors (Lipinski definition) is 4. The highest BCUT2D eigenvalue weighted by Crippen LogP contribution is 2.31. The van der Waals surface area contributed by atoms with Gasteiger partial charge in [-0.3, -0.25) is 14.9 Å². The zero-order valence-corrected chi connectivity index (χ0v) is 12.9. The lowest BCUT2D eigenvalue weighted by atomic mass is 10.1. The summed E-state index contributed by atoms with van der Waals surface area (Å²) in [7, 11) is 0. The Morgan fingerprint density at radius 2 is 1.92 bits per heavy atom. The number of carbonyl (C=O) groups excluding carboxylic acids is 1. The summed E-state index contributed by atoms with van der Waals surface area (Å²) in [5.41, 5.74) is 0.892. The molecule has 1 aliphatic rings. The Labute approximate surface area is 138 Å². The Bertz CT molecular complexity index is 788. The number of anilines is 2. The van der Waals surface area contributed by atoms with Crippen molar-refractivity contribution in [2.24, 2.45) is 0 Å². The molecule has 0 unspecified atom stereocenters. The van der Waals surface area contributed by atoms with E-state index < -0.39 is 16.6 Å². The molecule has 3 rings (SSSR count). The molecule has 1 saturated heterocycles. The molecule has 0 aromatic heterocycles. The SMILES string of the molecule is O=C(Nc1cccc(F)c1)c1ccc(N2CCCC2)c([N+](=O)[O-])c1. The number of nitro benzene ring substituents is 1. The van der Waals surface area contributed by atoms with Crippen LogP contribution in [-0.4, -0.2) is 23.9 Å². The molecule has 2 aromatic carbocycles. The molecule has 24 heavy (non-hydrogen) atoms. The quantitative estimate of drug-likeness (QED) is 0.687. The van der Waals surface area contributed by atoms with Gasteiger partial charge in [0.2, 0.25) is 0 Å². The third kappa shape index (κ3) is 3.34. The predicted octanol–water partition coefficient (Wildman–Crippen LogP) is 3.59. The number of hydrogen-bond donors (Lipinski definition) is 1. The molecule has 124 valence electrons. The number of halogens is 1. The minimum Gasteiger partial charge on any atom is -0.366 e. The largest absolute Gasteiger partial charge is 0.366 e. The molecule has 0 bridgehead atoms. The second-order valence-corrected chi connectivity index (χ2v) is 5.62. The molecule has 1 N–H and O–H groups in total. The van der Waals surface area contributed by atoms with E-state index in [1.165, 1.54) is 24.3 Å². The number of nitrogens with one attached hydrogen (secondary N) is 1. The minimum absolute atomic E-state index is 0.0937. The average Bonchev–Trinajstić information content (AvgIpc) is 3.08. The molecule has 0 aliphatic carbocycles. The first-order valence-electron chi connectivity index (χ1n) is 7.65. The van der Waals surface area contributed by atoms with Gasteiger partial charge in [0.15, 0.2) is 0 Å². The molecular formula is C17H16FN3O3. The molecule has 1 fully saturated rings. The normalized spacial score (nSPS) is 13.8. The lowest BCUT2D eigenvalue weighted by molar-refractivity contribution is -0.384. The Morgan fingerprint density at radius 1 is 1.17 bits per heavy atom. The first kappa shape index (κ1) is 15.9. The van der Waals surface area contributed by atoms with Crippen molar-refractivity contribution in [1.29, 1.82) is 0 Å². The number of carbonyl (C=O) groups is 1. The summed E-state index contributed by atoms with van der Waals surface area (Å²) < 4.78 is 13.2. The van der Waals surface area contributed by atoms with E-state index in [0.717, 1.165) is 25.9 Å². The molecule has 2 aromatic rings. The van der Waals surface area contributed by atoms with Crippen molar-refractivity contribution in [3.8, 4) is 0 Å². The van der Waals surface area contributed by atoms with Crippen LogP contribution in [-0.2, 0) is 0 Å². The van der Waals surface area contributed by atoms with E-state index in [4.69, 9.17) is 0 Å². The molecule has 0 atom stereocenters. The van der Waals surface area contributed by atoms with Gasteiger partial charge in [0.1, 0.15) is 11.5 Å². The Morgan fingerprint density at radius 3 is 2.58 bits per heavy atom. The van der Waals surface area contributed by atoms with E-state index in [9.17, 15) is 19.3 Å². The number of nitrogens with zero attached hydrogens (tertiary/aromatic N) is 2. The minimum atomic E-state index is -0.517. The van der Waals surface area contributed by atoms with Crippen molar-refractivity contribution in [2.75, 3.05) is 23.3 Å². The van der Waals surface area contributed by atoms with E-state index in [2.05, 4.69) is 5.32 Å². The molecule has 1 heterocycles. The van der Waals surface area contributed by atoms with E-state index in [1.54, 1.807) is 18.2 Å². The van der Waals surface area contributed by atoms with Gasteiger partial charge >= 0.3 is 0 Å². The molecular weight excluding hydrogens is 313 g/mol. The van der Waals surface area contributed by atoms with Crippen LogP contribution in [0, 0.1) is 15.9 Å². The molecule has 7 heteroatoms. The fraction of sp³-hybridized carbons (Fsp3) is 0.235. The third-order valence-corrected chi connectivity index (χ3v) is 3.96. The van der Waals surface area contributed by atoms with Gasteiger partial charge in [0, 0.05) is 30.4 Å². The zero-order chi connectivity index (χ0) is 17.1. The van der Waals surface area contributed by atoms with E-state index in [-0.39, 0.29) is 11.3 Å². The van der Waals surface area contributed by atoms with Gasteiger partial charge in [-0.2, -0.15) is 0 Å². The number of nitro groups is 1. The number of benzene rings is 2. The van der Waals surface area contributed by atoms with Crippen LogP contribution in [0.25, 0.3) is 0 Å². The Kier molecular flexibility index (Phi) is 4.41. The van der Waals surface area contributed by atoms with E-state index in [1.807, 2.05) is 4.90 Å². The molecule has 6 nitrogen and oxygen atoms in total. The first-order chi connectivity index (χ1) is 11.5. The van der Waals surface area contributed by atoms with Crippen LogP contribution >= 0.6 is 0 Å². The van der Waals surface area contributed by atoms with Gasteiger partial charge in [0.25, 0.3) is 11.6 Å². The average molecular weight is 329 g/mol. The van der Waals surface area contributed by atoms with Crippen molar-refractivity contribution in [1.82, 2.24) is 0 Å². The lowest BCUT2D eigenvalue weighted by Gasteiger charge is -2.17. The van der Waals surface area contributed by atoms with Crippen LogP contribution in [0.4, 0.5) is 21.5 Å². The van der Waals surface area contributed by atoms with E-state index >= 15 is 0 Å². The number of amides is 1. The van der Waals surface area contributed by atoms with Crippen LogP contribution < -0.4 is 10.2 Å². The van der Waals surface area contributed by atoms with Crippen LogP contribution in [0.5, 0.6) is 0 Å². The second-order valence-electron chi connectivity index (χ2n) is 5.62. The van der Waals surface area contributed by atoms with E-state index in [0.29, 0.717) is 11.4 Å². The summed E-state index contributed by atoms with van der Waals surface area (Å²) >= 11 is 0. The van der Waals surface area contributed by atoms with Crippen LogP contribution in [0.3, 0.4) is 0 Å². The third-order valence-electron chi connectivity index (χ3n) is 3.96. The summed E-state index contributed by atoms with van der Waals surface area (Å²) in [6.45, 7) is 1.55. The fourth-order valence-electron chi connectivity index (χ4n) is 2.81. The van der Waals surface area contributed by atoms with Gasteiger partial charge in [-0.15, -0.1) is 0 Å². The van der Waals surface area contributed by atoms with Gasteiger partial charge in [-0.05, 0) is 43.2 Å². The topological polar surface area (TPSA) is 75.5 Å². The molecule has 0 saturated carbocycles. The summed E-state index contributed by atoms with van der Waals surface area (Å²) in [4.78, 5) is 25.1. The Balaban J connectivity index is 1.86. The van der Waals surface area contributed by atoms with Crippen LogP contribution in [0.15, 0.2) is 42.5 Å². The van der Waals surface area contributed by atoms with Crippen LogP contribution in [0.2, 0.25) is 0 Å². The van der Waals surface area contributed by atoms with Crippen molar-refractivity contribution >= 4 is 23.0 Å². The summed E-state index contributed by atoms with van der Waals surface area (Å²) in [5, 5.41) is 13.9. The van der Waals surface area contributed by atoms with Crippen LogP contribution in [0.1, 0.15) is 23.2 Å². The molecule has 1 amide bonds. The van der Waals surface area contributed by atoms with Crippen molar-refractivity contribution in [3.63, 3.8) is 0 Å². The maximum absolute atomic E-state index is 13.2. The highest BCUT2D eigenvalue weighted by Gasteiger charge is 2.23. The first-order valence-corrected chi connectivity index (χ1v) is 7.65. The summed E-state index contributed by atoms with van der Waals surface area (Å²) in [6, 6.07) is 9.90. The van der Waals surface area contributed by atoms with Crippen molar-refractivity contribution < 1.29 is 14.1 Å². The van der Waals surface area contributed by atoms with Crippen molar-refractivity contribution in [2.45, 2.75) is 12.8 Å². The highest BCUT2D eigenvalue weighted by molar-refractivity contribution is 6.05. The number of rotatable bonds is 4. The monoisotopic (exact) mass is 329 g/mol. The fourth-order valence-corrected chi connectivity index (χ4v) is 2.81. The molecule has 1 aliphatic heterocycles. The maximum Gasteiger partial charge on any atom is 0.293 e. The highest BCUT2D eigenvalue weighted by atomic mass is 19.1. The second kappa shape index (κ2) is 6.66.